The van der Waals surface area contributed by atoms with Crippen molar-refractivity contribution in [3.8, 4) is 11.1 Å². The van der Waals surface area contributed by atoms with Crippen molar-refractivity contribution in [2.24, 2.45) is 5.92 Å². The first-order valence-electron chi connectivity index (χ1n) is 10.6. The van der Waals surface area contributed by atoms with Gasteiger partial charge < -0.3 is 15.5 Å². The summed E-state index contributed by atoms with van der Waals surface area (Å²) in [6, 6.07) is 17.9. The number of nitrogens with one attached hydrogen (secondary N) is 2. The zero-order chi connectivity index (χ0) is 21.5. The SMILES string of the molecule is O=C(CCN1CCCC(C(=O)Nc2nccs2)C1)Nc1ccccc1-c1ccccc1. The Kier molecular flexibility index (Phi) is 7.07. The van der Waals surface area contributed by atoms with Gasteiger partial charge in [0.05, 0.1) is 5.92 Å². The molecule has 4 rings (SSSR count). The lowest BCUT2D eigenvalue weighted by atomic mass is 9.97. The normalized spacial score (nSPS) is 16.6. The molecule has 0 aliphatic carbocycles. The molecule has 1 aromatic heterocycles. The number of benzene rings is 2. The highest BCUT2D eigenvalue weighted by atomic mass is 32.1. The largest absolute Gasteiger partial charge is 0.325 e. The number of nitrogens with zero attached hydrogens (tertiary/aromatic N) is 2. The standard InChI is InChI=1S/C24H26N4O2S/c29-22(26-21-11-5-4-10-20(21)18-7-2-1-3-8-18)12-15-28-14-6-9-19(17-28)23(30)27-24-25-13-16-31-24/h1-5,7-8,10-11,13,16,19H,6,9,12,14-15,17H2,(H,26,29)(H,25,27,30). The number of piperidine rings is 1. The van der Waals surface area contributed by atoms with Crippen LogP contribution >= 0.6 is 11.3 Å². The molecule has 7 heteroatoms. The van der Waals surface area contributed by atoms with Crippen LogP contribution in [0.5, 0.6) is 0 Å². The predicted molar refractivity (Wildman–Crippen MR) is 125 cm³/mol. The molecule has 160 valence electrons. The van der Waals surface area contributed by atoms with Gasteiger partial charge in [-0.3, -0.25) is 9.59 Å². The maximum absolute atomic E-state index is 12.6. The van der Waals surface area contributed by atoms with E-state index >= 15 is 0 Å². The molecular weight excluding hydrogens is 408 g/mol. The van der Waals surface area contributed by atoms with Gasteiger partial charge >= 0.3 is 0 Å². The molecule has 0 bridgehead atoms. The van der Waals surface area contributed by atoms with Crippen molar-refractivity contribution < 1.29 is 9.59 Å². The first-order chi connectivity index (χ1) is 15.2. The molecule has 1 atom stereocenters. The molecule has 2 amide bonds. The van der Waals surface area contributed by atoms with Crippen LogP contribution in [0.1, 0.15) is 19.3 Å². The number of thiazole rings is 1. The summed E-state index contributed by atoms with van der Waals surface area (Å²) in [6.45, 7) is 2.22. The van der Waals surface area contributed by atoms with Crippen molar-refractivity contribution in [2.75, 3.05) is 30.3 Å². The van der Waals surface area contributed by atoms with Crippen molar-refractivity contribution >= 4 is 34.0 Å². The van der Waals surface area contributed by atoms with Crippen molar-refractivity contribution in [1.29, 1.82) is 0 Å². The molecule has 1 unspecified atom stereocenters. The fourth-order valence-electron chi connectivity index (χ4n) is 3.90. The van der Waals surface area contributed by atoms with Crippen LogP contribution in [-0.4, -0.2) is 41.3 Å². The molecule has 3 aromatic rings. The van der Waals surface area contributed by atoms with Crippen LogP contribution in [0.2, 0.25) is 0 Å². The quantitative estimate of drug-likeness (QED) is 0.575. The van der Waals surface area contributed by atoms with Gasteiger partial charge in [-0.2, -0.15) is 0 Å². The fraction of sp³-hybridized carbons (Fsp3) is 0.292. The zero-order valence-corrected chi connectivity index (χ0v) is 18.1. The predicted octanol–water partition coefficient (Wildman–Crippen LogP) is 4.49. The van der Waals surface area contributed by atoms with Crippen LogP contribution in [0.25, 0.3) is 11.1 Å². The first kappa shape index (κ1) is 21.2. The van der Waals surface area contributed by atoms with Crippen LogP contribution in [0.15, 0.2) is 66.2 Å². The van der Waals surface area contributed by atoms with Crippen molar-refractivity contribution in [3.05, 3.63) is 66.2 Å². The van der Waals surface area contributed by atoms with E-state index in [-0.39, 0.29) is 17.7 Å². The van der Waals surface area contributed by atoms with Gasteiger partial charge in [-0.15, -0.1) is 11.3 Å². The molecule has 2 aromatic carbocycles. The Morgan fingerprint density at radius 1 is 1.06 bits per heavy atom. The average molecular weight is 435 g/mol. The van der Waals surface area contributed by atoms with Crippen LogP contribution in [0, 0.1) is 5.92 Å². The van der Waals surface area contributed by atoms with Crippen LogP contribution in [0.3, 0.4) is 0 Å². The summed E-state index contributed by atoms with van der Waals surface area (Å²) in [7, 11) is 0. The maximum atomic E-state index is 12.6. The Morgan fingerprint density at radius 3 is 2.68 bits per heavy atom. The average Bonchev–Trinajstić information content (AvgIpc) is 3.32. The van der Waals surface area contributed by atoms with E-state index < -0.39 is 0 Å². The highest BCUT2D eigenvalue weighted by Gasteiger charge is 2.26. The number of rotatable bonds is 7. The minimum absolute atomic E-state index is 0.0147. The lowest BCUT2D eigenvalue weighted by Gasteiger charge is -2.31. The number of hydrogen-bond donors (Lipinski definition) is 2. The zero-order valence-electron chi connectivity index (χ0n) is 17.3. The van der Waals surface area contributed by atoms with E-state index in [9.17, 15) is 9.59 Å². The Labute approximate surface area is 186 Å². The van der Waals surface area contributed by atoms with Gasteiger partial charge in [0.25, 0.3) is 0 Å². The van der Waals surface area contributed by atoms with Gasteiger partial charge in [0.2, 0.25) is 11.8 Å². The smallest absolute Gasteiger partial charge is 0.230 e. The number of amides is 2. The Bertz CT molecular complexity index is 1010. The maximum Gasteiger partial charge on any atom is 0.230 e. The summed E-state index contributed by atoms with van der Waals surface area (Å²) in [5, 5.41) is 8.44. The van der Waals surface area contributed by atoms with E-state index in [2.05, 4.69) is 20.5 Å². The molecule has 0 radical (unpaired) electrons. The third kappa shape index (κ3) is 5.77. The molecule has 1 aliphatic rings. The van der Waals surface area contributed by atoms with E-state index in [0.717, 1.165) is 36.2 Å². The summed E-state index contributed by atoms with van der Waals surface area (Å²) in [4.78, 5) is 31.5. The van der Waals surface area contributed by atoms with Crippen LogP contribution in [0.4, 0.5) is 10.8 Å². The Hall–Kier alpha value is -3.03. The van der Waals surface area contributed by atoms with Gasteiger partial charge in [-0.1, -0.05) is 48.5 Å². The molecule has 1 aliphatic heterocycles. The van der Waals surface area contributed by atoms with Crippen molar-refractivity contribution in [2.45, 2.75) is 19.3 Å². The summed E-state index contributed by atoms with van der Waals surface area (Å²) < 4.78 is 0. The summed E-state index contributed by atoms with van der Waals surface area (Å²) in [5.41, 5.74) is 2.90. The molecule has 2 N–H and O–H groups in total. The van der Waals surface area contributed by atoms with E-state index in [0.29, 0.717) is 24.6 Å². The summed E-state index contributed by atoms with van der Waals surface area (Å²) >= 11 is 1.42. The Morgan fingerprint density at radius 2 is 1.87 bits per heavy atom. The van der Waals surface area contributed by atoms with E-state index in [4.69, 9.17) is 0 Å². The minimum Gasteiger partial charge on any atom is -0.325 e. The van der Waals surface area contributed by atoms with Crippen molar-refractivity contribution in [1.82, 2.24) is 9.88 Å². The summed E-state index contributed by atoms with van der Waals surface area (Å²) in [6.07, 6.45) is 3.89. The van der Waals surface area contributed by atoms with E-state index in [1.807, 2.05) is 60.0 Å². The first-order valence-corrected chi connectivity index (χ1v) is 11.4. The molecule has 1 fully saturated rings. The molecule has 1 saturated heterocycles. The number of hydrogen-bond acceptors (Lipinski definition) is 5. The van der Waals surface area contributed by atoms with Gasteiger partial charge in [0, 0.05) is 42.3 Å². The molecule has 2 heterocycles. The number of aromatic nitrogens is 1. The highest BCUT2D eigenvalue weighted by Crippen LogP contribution is 2.27. The molecule has 31 heavy (non-hydrogen) atoms. The van der Waals surface area contributed by atoms with E-state index in [1.165, 1.54) is 11.3 Å². The van der Waals surface area contributed by atoms with Gasteiger partial charge in [-0.05, 0) is 31.0 Å². The third-order valence-corrected chi connectivity index (χ3v) is 6.17. The number of carbonyl (C=O) groups is 2. The second-order valence-electron chi connectivity index (χ2n) is 7.68. The van der Waals surface area contributed by atoms with E-state index in [1.54, 1.807) is 6.20 Å². The molecular formula is C24H26N4O2S. The second-order valence-corrected chi connectivity index (χ2v) is 8.57. The van der Waals surface area contributed by atoms with Crippen molar-refractivity contribution in [3.63, 3.8) is 0 Å². The number of para-hydroxylation sites is 1. The van der Waals surface area contributed by atoms with Gasteiger partial charge in [0.15, 0.2) is 5.13 Å². The Balaban J connectivity index is 1.30. The lowest BCUT2D eigenvalue weighted by molar-refractivity contribution is -0.121. The number of likely N-dealkylation sites (tertiary alicyclic amines) is 1. The minimum atomic E-state index is -0.0699. The highest BCUT2D eigenvalue weighted by molar-refractivity contribution is 7.13. The summed E-state index contributed by atoms with van der Waals surface area (Å²) in [5.74, 6) is -0.0712. The van der Waals surface area contributed by atoms with Gasteiger partial charge in [0.1, 0.15) is 0 Å². The number of anilines is 2. The topological polar surface area (TPSA) is 74.3 Å². The van der Waals surface area contributed by atoms with Gasteiger partial charge in [-0.25, -0.2) is 4.98 Å². The molecule has 0 saturated carbocycles. The van der Waals surface area contributed by atoms with Crippen LogP contribution < -0.4 is 10.6 Å². The third-order valence-electron chi connectivity index (χ3n) is 5.48. The monoisotopic (exact) mass is 434 g/mol. The molecule has 6 nitrogen and oxygen atoms in total. The second kappa shape index (κ2) is 10.3. The molecule has 0 spiro atoms. The fourth-order valence-corrected chi connectivity index (χ4v) is 4.43. The lowest BCUT2D eigenvalue weighted by Crippen LogP contribution is -2.41. The number of carbonyl (C=O) groups excluding carboxylic acids is 2. The van der Waals surface area contributed by atoms with Crippen LogP contribution in [-0.2, 0) is 9.59 Å².